The van der Waals surface area contributed by atoms with E-state index in [1.807, 2.05) is 0 Å². The van der Waals surface area contributed by atoms with Crippen molar-refractivity contribution in [3.63, 3.8) is 0 Å². The minimum atomic E-state index is -0.899. The van der Waals surface area contributed by atoms with Crippen LogP contribution < -0.4 is 5.19 Å². The van der Waals surface area contributed by atoms with Gasteiger partial charge in [0.2, 0.25) is 18.8 Å². The lowest BCUT2D eigenvalue weighted by atomic mass is 10.0. The Balaban J connectivity index is 2.26. The Bertz CT molecular complexity index is 724. The van der Waals surface area contributed by atoms with Crippen LogP contribution in [0.3, 0.4) is 0 Å². The van der Waals surface area contributed by atoms with Crippen LogP contribution in [0.1, 0.15) is 0 Å². The molecule has 0 saturated carbocycles. The lowest BCUT2D eigenvalue weighted by molar-refractivity contribution is 0.636. The van der Waals surface area contributed by atoms with Crippen molar-refractivity contribution in [2.45, 2.75) is 13.1 Å². The van der Waals surface area contributed by atoms with Gasteiger partial charge >= 0.3 is 0 Å². The predicted molar refractivity (Wildman–Crippen MR) is 85.4 cm³/mol. The number of benzene rings is 3. The first-order valence-electron chi connectivity index (χ1n) is 6.38. The first kappa shape index (κ1) is 12.6. The van der Waals surface area contributed by atoms with Crippen LogP contribution in [-0.4, -0.2) is 18.8 Å². The van der Waals surface area contributed by atoms with Crippen molar-refractivity contribution >= 4 is 45.5 Å². The molecule has 0 heterocycles. The van der Waals surface area contributed by atoms with Crippen molar-refractivity contribution in [2.75, 3.05) is 0 Å². The molecule has 0 aliphatic heterocycles. The SMILES string of the molecule is C[Si]O[Si](C)c1cccc2cc3ccccc3cc12. The fourth-order valence-corrected chi connectivity index (χ4v) is 5.07. The van der Waals surface area contributed by atoms with Gasteiger partial charge in [0.15, 0.2) is 0 Å². The third-order valence-electron chi connectivity index (χ3n) is 3.38. The first-order chi connectivity index (χ1) is 9.29. The molecule has 0 bridgehead atoms. The molecule has 93 valence electrons. The monoisotopic (exact) mass is 279 g/mol. The lowest BCUT2D eigenvalue weighted by Crippen LogP contribution is -2.31. The van der Waals surface area contributed by atoms with Gasteiger partial charge in [-0.15, -0.1) is 0 Å². The molecule has 0 aliphatic carbocycles. The van der Waals surface area contributed by atoms with Crippen molar-refractivity contribution in [1.82, 2.24) is 0 Å². The normalized spacial score (nSPS) is 11.5. The molecule has 0 saturated heterocycles. The predicted octanol–water partition coefficient (Wildman–Crippen LogP) is 3.51. The molecule has 3 radical (unpaired) electrons. The summed E-state index contributed by atoms with van der Waals surface area (Å²) in [6.07, 6.45) is 0. The summed E-state index contributed by atoms with van der Waals surface area (Å²) in [5.41, 5.74) is 0. The van der Waals surface area contributed by atoms with Gasteiger partial charge in [0.1, 0.15) is 0 Å². The zero-order valence-electron chi connectivity index (χ0n) is 11.1. The molecule has 19 heavy (non-hydrogen) atoms. The maximum absolute atomic E-state index is 5.88. The highest BCUT2D eigenvalue weighted by Gasteiger charge is 2.12. The van der Waals surface area contributed by atoms with Gasteiger partial charge in [-0.05, 0) is 52.0 Å². The smallest absolute Gasteiger partial charge is 0.231 e. The lowest BCUT2D eigenvalue weighted by Gasteiger charge is -2.13. The number of rotatable bonds is 3. The Labute approximate surface area is 117 Å². The second-order valence-electron chi connectivity index (χ2n) is 4.59. The Morgan fingerprint density at radius 3 is 2.32 bits per heavy atom. The molecule has 1 nitrogen and oxygen atoms in total. The van der Waals surface area contributed by atoms with Crippen molar-refractivity contribution < 1.29 is 4.12 Å². The van der Waals surface area contributed by atoms with E-state index in [0.29, 0.717) is 9.76 Å². The average molecular weight is 279 g/mol. The van der Waals surface area contributed by atoms with E-state index in [-0.39, 0.29) is 0 Å². The van der Waals surface area contributed by atoms with Crippen LogP contribution in [-0.2, 0) is 4.12 Å². The van der Waals surface area contributed by atoms with Crippen LogP contribution >= 0.6 is 0 Å². The van der Waals surface area contributed by atoms with Crippen LogP contribution in [0.2, 0.25) is 13.1 Å². The van der Waals surface area contributed by atoms with Crippen LogP contribution in [0, 0.1) is 0 Å². The van der Waals surface area contributed by atoms with Crippen molar-refractivity contribution in [3.8, 4) is 0 Å². The van der Waals surface area contributed by atoms with Crippen molar-refractivity contribution in [2.24, 2.45) is 0 Å². The van der Waals surface area contributed by atoms with Crippen LogP contribution in [0.5, 0.6) is 0 Å². The summed E-state index contributed by atoms with van der Waals surface area (Å²) in [4.78, 5) is 0. The number of hydrogen-bond acceptors (Lipinski definition) is 1. The van der Waals surface area contributed by atoms with Gasteiger partial charge in [-0.3, -0.25) is 0 Å². The fourth-order valence-electron chi connectivity index (χ4n) is 2.48. The molecule has 0 atom stereocenters. The topological polar surface area (TPSA) is 9.23 Å². The molecule has 0 amide bonds. The highest BCUT2D eigenvalue weighted by atomic mass is 28.3. The van der Waals surface area contributed by atoms with E-state index < -0.39 is 9.04 Å². The molecule has 3 heteroatoms. The standard InChI is InChI=1S/C16H15OSi2/c1-18-17-19(2)16-9-5-8-14-10-12-6-3-4-7-13(12)11-15(14)16/h3-11H,1-2H3. The quantitative estimate of drug-likeness (QED) is 0.527. The summed E-state index contributed by atoms with van der Waals surface area (Å²) in [6, 6.07) is 19.7. The largest absolute Gasteiger partial charge is 0.453 e. The summed E-state index contributed by atoms with van der Waals surface area (Å²) < 4.78 is 5.88. The molecule has 0 spiro atoms. The fraction of sp³-hybridized carbons (Fsp3) is 0.125. The second-order valence-corrected chi connectivity index (χ2v) is 7.46. The number of fused-ring (bicyclic) bond motifs is 2. The highest BCUT2D eigenvalue weighted by molar-refractivity contribution is 6.72. The maximum Gasteiger partial charge on any atom is 0.231 e. The third-order valence-corrected chi connectivity index (χ3v) is 6.62. The van der Waals surface area contributed by atoms with Gasteiger partial charge in [-0.1, -0.05) is 42.5 Å². The summed E-state index contributed by atoms with van der Waals surface area (Å²) in [6.45, 7) is 4.32. The first-order valence-corrected chi connectivity index (χ1v) is 9.70. The van der Waals surface area contributed by atoms with Crippen molar-refractivity contribution in [1.29, 1.82) is 0 Å². The number of hydrogen-bond donors (Lipinski definition) is 0. The minimum Gasteiger partial charge on any atom is -0.453 e. The summed E-state index contributed by atoms with van der Waals surface area (Å²) >= 11 is 0. The Morgan fingerprint density at radius 1 is 0.895 bits per heavy atom. The van der Waals surface area contributed by atoms with E-state index in [1.54, 1.807) is 0 Å². The van der Waals surface area contributed by atoms with Crippen molar-refractivity contribution in [3.05, 3.63) is 54.6 Å². The van der Waals surface area contributed by atoms with E-state index in [0.717, 1.165) is 0 Å². The van der Waals surface area contributed by atoms with E-state index in [4.69, 9.17) is 4.12 Å². The van der Waals surface area contributed by atoms with E-state index in [9.17, 15) is 0 Å². The summed E-state index contributed by atoms with van der Waals surface area (Å²) in [5, 5.41) is 6.63. The Morgan fingerprint density at radius 2 is 1.58 bits per heavy atom. The molecule has 0 unspecified atom stereocenters. The third kappa shape index (κ3) is 2.37. The van der Waals surface area contributed by atoms with Crippen LogP contribution in [0.15, 0.2) is 54.6 Å². The van der Waals surface area contributed by atoms with Gasteiger partial charge < -0.3 is 4.12 Å². The molecule has 3 rings (SSSR count). The van der Waals surface area contributed by atoms with E-state index in [1.165, 1.54) is 26.7 Å². The summed E-state index contributed by atoms with van der Waals surface area (Å²) in [7, 11) is -0.337. The average Bonchev–Trinajstić information content (AvgIpc) is 2.44. The van der Waals surface area contributed by atoms with E-state index >= 15 is 0 Å². The minimum absolute atomic E-state index is 0.561. The Hall–Kier alpha value is -1.43. The van der Waals surface area contributed by atoms with Crippen LogP contribution in [0.4, 0.5) is 0 Å². The second kappa shape index (κ2) is 5.29. The molecule has 0 aromatic heterocycles. The molecule has 3 aromatic carbocycles. The van der Waals surface area contributed by atoms with Gasteiger partial charge in [-0.25, -0.2) is 0 Å². The summed E-state index contributed by atoms with van der Waals surface area (Å²) in [5.74, 6) is 0. The molecule has 0 N–H and O–H groups in total. The van der Waals surface area contributed by atoms with Gasteiger partial charge in [0.25, 0.3) is 0 Å². The molecule has 0 aliphatic rings. The zero-order chi connectivity index (χ0) is 13.2. The zero-order valence-corrected chi connectivity index (χ0v) is 13.1. The Kier molecular flexibility index (Phi) is 3.51. The van der Waals surface area contributed by atoms with Crippen LogP contribution in [0.25, 0.3) is 21.5 Å². The van der Waals surface area contributed by atoms with Gasteiger partial charge in [0.05, 0.1) is 0 Å². The highest BCUT2D eigenvalue weighted by Crippen LogP contribution is 2.21. The molecular formula is C16H15OSi2. The molecule has 0 fully saturated rings. The van der Waals surface area contributed by atoms with Gasteiger partial charge in [0, 0.05) is 0 Å². The van der Waals surface area contributed by atoms with Gasteiger partial charge in [-0.2, -0.15) is 0 Å². The van der Waals surface area contributed by atoms with E-state index in [2.05, 4.69) is 67.7 Å². The molecular weight excluding hydrogens is 264 g/mol. The molecule has 3 aromatic rings. The maximum atomic E-state index is 5.88.